The lowest BCUT2D eigenvalue weighted by Gasteiger charge is -2.45. The van der Waals surface area contributed by atoms with E-state index in [4.69, 9.17) is 14.6 Å². The van der Waals surface area contributed by atoms with Crippen molar-refractivity contribution in [1.29, 1.82) is 0 Å². The first-order chi connectivity index (χ1) is 25.7. The topological polar surface area (TPSA) is 112 Å². The fourth-order valence-electron chi connectivity index (χ4n) is 8.85. The first kappa shape index (κ1) is 37.5. The molecule has 2 heterocycles. The summed E-state index contributed by atoms with van der Waals surface area (Å²) in [6.07, 6.45) is -7.27. The maximum atomic E-state index is 14.3. The van der Waals surface area contributed by atoms with Gasteiger partial charge in [0.15, 0.2) is 0 Å². The molecule has 0 radical (unpaired) electrons. The van der Waals surface area contributed by atoms with Gasteiger partial charge in [0.1, 0.15) is 23.8 Å². The number of anilines is 2. The number of nitrogens with one attached hydrogen (secondary N) is 2. The molecule has 3 aromatic rings. The Morgan fingerprint density at radius 1 is 0.745 bits per heavy atom. The van der Waals surface area contributed by atoms with Crippen LogP contribution >= 0.6 is 0 Å². The number of nitrogens with zero attached hydrogens (tertiary/aromatic N) is 4. The molecule has 0 aliphatic heterocycles. The zero-order valence-electron chi connectivity index (χ0n) is 30.0. The van der Waals surface area contributed by atoms with E-state index in [1.807, 2.05) is 0 Å². The molecule has 55 heavy (non-hydrogen) atoms. The standard InChI is InChI=1S/C37H40F8N6O4/c1-33(17-37(44,45)18-33)28-26(29(50(2)49-28)46-31(52)54-23-12-35(40,41)13-23)21-8-19(9-21)16-51-30(47-32(53)55-24-14-36(42,43)15-24)25(20-6-4-3-5-7-20)27(48-51)22-10-34(38,39)11-22/h3-7,19,21-24H,8-18H2,1-2H3,(H,46,52)(H,47,53). The molecule has 0 saturated heterocycles. The van der Waals surface area contributed by atoms with Crippen LogP contribution in [0.15, 0.2) is 30.3 Å². The number of carbonyl (C=O) groups is 2. The molecule has 298 valence electrons. The third-order valence-corrected chi connectivity index (χ3v) is 11.6. The van der Waals surface area contributed by atoms with Crippen LogP contribution in [-0.2, 0) is 28.5 Å². The Kier molecular flexibility index (Phi) is 8.76. The molecule has 2 aromatic heterocycles. The van der Waals surface area contributed by atoms with E-state index in [-0.39, 0.29) is 30.0 Å². The van der Waals surface area contributed by atoms with Crippen LogP contribution in [0.2, 0.25) is 0 Å². The van der Waals surface area contributed by atoms with Crippen LogP contribution < -0.4 is 10.6 Å². The van der Waals surface area contributed by atoms with Crippen LogP contribution in [0.3, 0.4) is 0 Å². The monoisotopic (exact) mass is 784 g/mol. The molecule has 8 rings (SSSR count). The highest BCUT2D eigenvalue weighted by atomic mass is 19.3. The number of hydrogen-bond acceptors (Lipinski definition) is 6. The summed E-state index contributed by atoms with van der Waals surface area (Å²) in [5.41, 5.74) is 1.27. The fourth-order valence-corrected chi connectivity index (χ4v) is 8.85. The van der Waals surface area contributed by atoms with Gasteiger partial charge in [0.05, 0.1) is 11.4 Å². The summed E-state index contributed by atoms with van der Waals surface area (Å²) in [6, 6.07) is 8.74. The van der Waals surface area contributed by atoms with Gasteiger partial charge in [-0.3, -0.25) is 15.3 Å². The molecule has 5 aliphatic carbocycles. The van der Waals surface area contributed by atoms with Crippen LogP contribution in [0.5, 0.6) is 0 Å². The molecule has 0 atom stereocenters. The van der Waals surface area contributed by atoms with Crippen molar-refractivity contribution in [3.05, 3.63) is 47.3 Å². The summed E-state index contributed by atoms with van der Waals surface area (Å²) in [4.78, 5) is 26.0. The highest BCUT2D eigenvalue weighted by Crippen LogP contribution is 2.58. The van der Waals surface area contributed by atoms with Crippen molar-refractivity contribution in [2.24, 2.45) is 13.0 Å². The Morgan fingerprint density at radius 2 is 1.27 bits per heavy atom. The van der Waals surface area contributed by atoms with Crippen molar-refractivity contribution in [2.45, 2.75) is 131 Å². The highest BCUT2D eigenvalue weighted by molar-refractivity contribution is 5.91. The van der Waals surface area contributed by atoms with Crippen molar-refractivity contribution < 1.29 is 54.2 Å². The number of aromatic nitrogens is 4. The largest absolute Gasteiger partial charge is 0.445 e. The van der Waals surface area contributed by atoms with Crippen LogP contribution in [0.1, 0.15) is 99.9 Å². The molecule has 5 saturated carbocycles. The molecular formula is C37H40F8N6O4. The Hall–Kier alpha value is -4.38. The first-order valence-corrected chi connectivity index (χ1v) is 18.4. The average molecular weight is 785 g/mol. The van der Waals surface area contributed by atoms with Gasteiger partial charge in [0.25, 0.3) is 11.8 Å². The van der Waals surface area contributed by atoms with E-state index in [2.05, 4.69) is 15.7 Å². The average Bonchev–Trinajstić information content (AvgIpc) is 3.51. The van der Waals surface area contributed by atoms with Gasteiger partial charge >= 0.3 is 12.2 Å². The molecule has 2 N–H and O–H groups in total. The van der Waals surface area contributed by atoms with E-state index in [1.54, 1.807) is 44.3 Å². The van der Waals surface area contributed by atoms with Crippen molar-refractivity contribution >= 4 is 23.8 Å². The number of benzene rings is 1. The molecule has 0 spiro atoms. The summed E-state index contributed by atoms with van der Waals surface area (Å²) >= 11 is 0. The number of aryl methyl sites for hydroxylation is 1. The maximum Gasteiger partial charge on any atom is 0.413 e. The fraction of sp³-hybridized carbons (Fsp3) is 0.622. The minimum Gasteiger partial charge on any atom is -0.445 e. The molecule has 10 nitrogen and oxygen atoms in total. The molecule has 0 unspecified atom stereocenters. The van der Waals surface area contributed by atoms with E-state index in [0.29, 0.717) is 40.9 Å². The predicted octanol–water partition coefficient (Wildman–Crippen LogP) is 9.37. The number of halogens is 8. The van der Waals surface area contributed by atoms with Gasteiger partial charge in [-0.25, -0.2) is 49.4 Å². The zero-order chi connectivity index (χ0) is 39.3. The van der Waals surface area contributed by atoms with Crippen molar-refractivity contribution in [1.82, 2.24) is 19.6 Å². The number of hydrogen-bond donors (Lipinski definition) is 2. The highest BCUT2D eigenvalue weighted by Gasteiger charge is 2.58. The van der Waals surface area contributed by atoms with Crippen LogP contribution in [0, 0.1) is 5.92 Å². The van der Waals surface area contributed by atoms with E-state index >= 15 is 0 Å². The second-order valence-electron chi connectivity index (χ2n) is 16.5. The van der Waals surface area contributed by atoms with Crippen LogP contribution in [0.4, 0.5) is 56.3 Å². The maximum absolute atomic E-state index is 14.3. The molecule has 1 aromatic carbocycles. The molecule has 2 amide bonds. The van der Waals surface area contributed by atoms with Crippen LogP contribution in [0.25, 0.3) is 11.1 Å². The van der Waals surface area contributed by atoms with Gasteiger partial charge in [0, 0.05) is 87.4 Å². The summed E-state index contributed by atoms with van der Waals surface area (Å²) in [5, 5.41) is 14.6. The second kappa shape index (κ2) is 12.8. The van der Waals surface area contributed by atoms with Crippen LogP contribution in [-0.4, -0.2) is 67.6 Å². The number of rotatable bonds is 10. The molecule has 5 fully saturated rings. The Morgan fingerprint density at radius 3 is 1.78 bits per heavy atom. The third-order valence-electron chi connectivity index (χ3n) is 11.6. The minimum atomic E-state index is -2.93. The lowest BCUT2D eigenvalue weighted by atomic mass is 9.61. The van der Waals surface area contributed by atoms with Crippen molar-refractivity contribution in [2.75, 3.05) is 10.6 Å². The quantitative estimate of drug-likeness (QED) is 0.198. The Balaban J connectivity index is 1.06. The Labute approximate surface area is 310 Å². The smallest absolute Gasteiger partial charge is 0.413 e. The number of alkyl halides is 8. The van der Waals surface area contributed by atoms with E-state index < -0.39 is 111 Å². The summed E-state index contributed by atoms with van der Waals surface area (Å²) in [5.74, 6) is -12.3. The van der Waals surface area contributed by atoms with E-state index in [9.17, 15) is 44.7 Å². The number of ether oxygens (including phenoxy) is 2. The van der Waals surface area contributed by atoms with Gasteiger partial charge in [-0.05, 0) is 30.2 Å². The third kappa shape index (κ3) is 7.36. The van der Waals surface area contributed by atoms with Crippen molar-refractivity contribution in [3.8, 4) is 11.1 Å². The van der Waals surface area contributed by atoms with Gasteiger partial charge in [-0.2, -0.15) is 10.2 Å². The molecule has 0 bridgehead atoms. The minimum absolute atomic E-state index is 0.146. The Bertz CT molecular complexity index is 1960. The van der Waals surface area contributed by atoms with Gasteiger partial charge in [-0.15, -0.1) is 0 Å². The molecule has 5 aliphatic rings. The van der Waals surface area contributed by atoms with Crippen molar-refractivity contribution in [3.63, 3.8) is 0 Å². The summed E-state index contributed by atoms with van der Waals surface area (Å²) in [6.45, 7) is 1.86. The van der Waals surface area contributed by atoms with Gasteiger partial charge in [0.2, 0.25) is 11.8 Å². The first-order valence-electron chi connectivity index (χ1n) is 18.4. The second-order valence-corrected chi connectivity index (χ2v) is 16.5. The lowest BCUT2D eigenvalue weighted by molar-refractivity contribution is -0.143. The number of amides is 2. The van der Waals surface area contributed by atoms with Gasteiger partial charge < -0.3 is 9.47 Å². The normalized spacial score (nSPS) is 26.0. The molecular weight excluding hydrogens is 744 g/mol. The van der Waals surface area contributed by atoms with E-state index in [1.165, 1.54) is 9.36 Å². The van der Waals surface area contributed by atoms with E-state index in [0.717, 1.165) is 0 Å². The van der Waals surface area contributed by atoms with Gasteiger partial charge in [-0.1, -0.05) is 37.3 Å². The predicted molar refractivity (Wildman–Crippen MR) is 181 cm³/mol. The number of carbonyl (C=O) groups excluding carboxylic acids is 2. The lowest BCUT2D eigenvalue weighted by Crippen LogP contribution is -2.48. The zero-order valence-corrected chi connectivity index (χ0v) is 30.0. The SMILES string of the molecule is Cn1nc(C2(C)CC(F)(F)C2)c(C2CC(Cn3nc(C4CC(F)(F)C4)c(-c4ccccc4)c3NC(=O)OC3CC(F)(F)C3)C2)c1NC(=O)OC1CC(F)(F)C1. The summed E-state index contributed by atoms with van der Waals surface area (Å²) < 4.78 is 124. The molecule has 18 heteroatoms. The summed E-state index contributed by atoms with van der Waals surface area (Å²) in [7, 11) is 1.54.